The van der Waals surface area contributed by atoms with Gasteiger partial charge in [-0.1, -0.05) is 11.3 Å². The second-order valence-electron chi connectivity index (χ2n) is 3.42. The van der Waals surface area contributed by atoms with Crippen LogP contribution in [0.3, 0.4) is 0 Å². The third kappa shape index (κ3) is 2.38. The van der Waals surface area contributed by atoms with Crippen LogP contribution in [0.5, 0.6) is 0 Å². The topological polar surface area (TPSA) is 98.0 Å². The summed E-state index contributed by atoms with van der Waals surface area (Å²) in [6.45, 7) is 1.14. The summed E-state index contributed by atoms with van der Waals surface area (Å²) in [6.07, 6.45) is 1.22. The number of hydrogen-bond acceptors (Lipinski definition) is 6. The number of ether oxygens (including phenoxy) is 1. The molecule has 2 rings (SSSR count). The summed E-state index contributed by atoms with van der Waals surface area (Å²) in [5, 5.41) is 8.82. The van der Waals surface area contributed by atoms with Crippen LogP contribution < -0.4 is 5.56 Å². The highest BCUT2D eigenvalue weighted by Gasteiger charge is 2.12. The van der Waals surface area contributed by atoms with Crippen LogP contribution in [-0.2, 0) is 16.1 Å². The van der Waals surface area contributed by atoms with E-state index in [0.29, 0.717) is 0 Å². The molecular weight excluding hydrogens is 260 g/mol. The van der Waals surface area contributed by atoms with Crippen molar-refractivity contribution < 1.29 is 19.4 Å². The van der Waals surface area contributed by atoms with Gasteiger partial charge in [0.2, 0.25) is 0 Å². The molecule has 0 bridgehead atoms. The third-order valence-corrected chi connectivity index (χ3v) is 3.03. The van der Waals surface area contributed by atoms with Crippen molar-refractivity contribution >= 4 is 28.2 Å². The first-order valence-electron chi connectivity index (χ1n) is 4.86. The number of aromatic nitrogens is 2. The fourth-order valence-corrected chi connectivity index (χ4v) is 2.14. The number of rotatable bonds is 3. The molecule has 2 aromatic heterocycles. The second kappa shape index (κ2) is 4.57. The summed E-state index contributed by atoms with van der Waals surface area (Å²) in [7, 11) is 0. The molecule has 2 aromatic rings. The standard InChI is InChI=1S/C10H8N2O5S/c1-5(13)17-4-6-2-8(14)12-3-7(9(15)16)18-10(12)11-6/h2-3H,4H2,1H3,(H,15,16). The van der Waals surface area contributed by atoms with Gasteiger partial charge in [-0.2, -0.15) is 0 Å². The molecule has 1 N–H and O–H groups in total. The lowest BCUT2D eigenvalue weighted by atomic mass is 10.4. The molecule has 94 valence electrons. The largest absolute Gasteiger partial charge is 0.477 e. The van der Waals surface area contributed by atoms with Gasteiger partial charge in [0.25, 0.3) is 5.56 Å². The summed E-state index contributed by atoms with van der Waals surface area (Å²) in [5.41, 5.74) is -0.125. The first kappa shape index (κ1) is 12.2. The Labute approximate surface area is 104 Å². The molecule has 0 amide bonds. The van der Waals surface area contributed by atoms with Crippen molar-refractivity contribution in [3.63, 3.8) is 0 Å². The van der Waals surface area contributed by atoms with E-state index in [1.165, 1.54) is 19.2 Å². The monoisotopic (exact) mass is 268 g/mol. The molecule has 0 saturated heterocycles. The maximum Gasteiger partial charge on any atom is 0.347 e. The van der Waals surface area contributed by atoms with Gasteiger partial charge in [0.15, 0.2) is 4.96 Å². The second-order valence-corrected chi connectivity index (χ2v) is 4.43. The molecule has 0 radical (unpaired) electrons. The first-order valence-corrected chi connectivity index (χ1v) is 5.68. The lowest BCUT2D eigenvalue weighted by molar-refractivity contribution is -0.142. The van der Waals surface area contributed by atoms with Gasteiger partial charge in [0, 0.05) is 19.2 Å². The number of carboxylic acids is 1. The number of nitrogens with zero attached hydrogens (tertiary/aromatic N) is 2. The lowest BCUT2D eigenvalue weighted by Gasteiger charge is -2.00. The smallest absolute Gasteiger partial charge is 0.347 e. The Morgan fingerprint density at radius 2 is 2.28 bits per heavy atom. The van der Waals surface area contributed by atoms with Crippen LogP contribution >= 0.6 is 11.3 Å². The number of esters is 1. The van der Waals surface area contributed by atoms with E-state index in [0.717, 1.165) is 15.7 Å². The molecule has 0 unspecified atom stereocenters. The minimum absolute atomic E-state index is 0.0178. The fraction of sp³-hybridized carbons (Fsp3) is 0.200. The highest BCUT2D eigenvalue weighted by molar-refractivity contribution is 7.18. The van der Waals surface area contributed by atoms with Crippen LogP contribution in [-0.4, -0.2) is 26.4 Å². The number of hydrogen-bond donors (Lipinski definition) is 1. The van der Waals surface area contributed by atoms with Crippen LogP contribution in [0.1, 0.15) is 22.3 Å². The van der Waals surface area contributed by atoms with E-state index in [1.807, 2.05) is 0 Å². The number of carbonyl (C=O) groups excluding carboxylic acids is 1. The van der Waals surface area contributed by atoms with E-state index < -0.39 is 17.5 Å². The van der Waals surface area contributed by atoms with Crippen molar-refractivity contribution in [1.29, 1.82) is 0 Å². The Hall–Kier alpha value is -2.22. The average molecular weight is 268 g/mol. The van der Waals surface area contributed by atoms with Gasteiger partial charge in [-0.3, -0.25) is 14.0 Å². The average Bonchev–Trinajstić information content (AvgIpc) is 2.71. The van der Waals surface area contributed by atoms with Crippen LogP contribution in [0.25, 0.3) is 4.96 Å². The van der Waals surface area contributed by atoms with Gasteiger partial charge in [0.05, 0.1) is 5.69 Å². The van der Waals surface area contributed by atoms with E-state index in [-0.39, 0.29) is 22.1 Å². The molecule has 0 aliphatic heterocycles. The molecule has 0 aliphatic rings. The molecule has 0 aliphatic carbocycles. The zero-order chi connectivity index (χ0) is 13.3. The summed E-state index contributed by atoms with van der Waals surface area (Å²) in [4.78, 5) is 37.4. The summed E-state index contributed by atoms with van der Waals surface area (Å²) >= 11 is 0.880. The molecule has 0 atom stereocenters. The summed E-state index contributed by atoms with van der Waals surface area (Å²) in [6, 6.07) is 1.20. The van der Waals surface area contributed by atoms with Crippen LogP contribution in [0.2, 0.25) is 0 Å². The number of carbonyl (C=O) groups is 2. The van der Waals surface area contributed by atoms with Gasteiger partial charge in [-0.15, -0.1) is 0 Å². The first-order chi connectivity index (χ1) is 8.47. The minimum atomic E-state index is -1.12. The Balaban J connectivity index is 2.45. The molecule has 18 heavy (non-hydrogen) atoms. The Bertz CT molecular complexity index is 687. The number of carboxylic acid groups (broad SMARTS) is 1. The quantitative estimate of drug-likeness (QED) is 0.815. The zero-order valence-electron chi connectivity index (χ0n) is 9.24. The van der Waals surface area contributed by atoms with E-state index in [1.54, 1.807) is 0 Å². The van der Waals surface area contributed by atoms with Gasteiger partial charge in [-0.05, 0) is 0 Å². The number of thiazole rings is 1. The fourth-order valence-electron chi connectivity index (χ4n) is 1.30. The van der Waals surface area contributed by atoms with E-state index in [9.17, 15) is 14.4 Å². The SMILES string of the molecule is CC(=O)OCc1cc(=O)n2cc(C(=O)O)sc2n1. The molecule has 0 fully saturated rings. The predicted octanol–water partition coefficient (Wildman–Crippen LogP) is 0.517. The van der Waals surface area contributed by atoms with Crippen molar-refractivity contribution in [2.45, 2.75) is 13.5 Å². The molecule has 2 heterocycles. The molecule has 0 saturated carbocycles. The van der Waals surface area contributed by atoms with Crippen molar-refractivity contribution in [3.05, 3.63) is 33.2 Å². The van der Waals surface area contributed by atoms with Gasteiger partial charge in [-0.25, -0.2) is 9.78 Å². The zero-order valence-corrected chi connectivity index (χ0v) is 10.1. The highest BCUT2D eigenvalue weighted by atomic mass is 32.1. The van der Waals surface area contributed by atoms with Gasteiger partial charge in [0.1, 0.15) is 11.5 Å². The summed E-state index contributed by atoms with van der Waals surface area (Å²) < 4.78 is 5.87. The Morgan fingerprint density at radius 1 is 1.56 bits per heavy atom. The third-order valence-electron chi connectivity index (χ3n) is 2.05. The van der Waals surface area contributed by atoms with Crippen molar-refractivity contribution in [2.24, 2.45) is 0 Å². The molecule has 0 aromatic carbocycles. The molecule has 8 heteroatoms. The van der Waals surface area contributed by atoms with E-state index in [4.69, 9.17) is 9.84 Å². The predicted molar refractivity (Wildman–Crippen MR) is 61.8 cm³/mol. The van der Waals surface area contributed by atoms with Gasteiger partial charge >= 0.3 is 11.9 Å². The lowest BCUT2D eigenvalue weighted by Crippen LogP contribution is -2.14. The highest BCUT2D eigenvalue weighted by Crippen LogP contribution is 2.14. The van der Waals surface area contributed by atoms with Crippen molar-refractivity contribution in [1.82, 2.24) is 9.38 Å². The minimum Gasteiger partial charge on any atom is -0.477 e. The summed E-state index contributed by atoms with van der Waals surface area (Å²) in [5.74, 6) is -1.60. The Morgan fingerprint density at radius 3 is 2.89 bits per heavy atom. The number of aromatic carboxylic acids is 1. The van der Waals surface area contributed by atoms with E-state index in [2.05, 4.69) is 4.98 Å². The Kier molecular flexibility index (Phi) is 3.11. The van der Waals surface area contributed by atoms with Crippen molar-refractivity contribution in [2.75, 3.05) is 0 Å². The maximum atomic E-state index is 11.7. The van der Waals surface area contributed by atoms with Crippen LogP contribution in [0, 0.1) is 0 Å². The molecular formula is C10H8N2O5S. The number of fused-ring (bicyclic) bond motifs is 1. The molecule has 7 nitrogen and oxygen atoms in total. The van der Waals surface area contributed by atoms with Crippen LogP contribution in [0.15, 0.2) is 17.1 Å². The van der Waals surface area contributed by atoms with Crippen LogP contribution in [0.4, 0.5) is 0 Å². The normalized spacial score (nSPS) is 10.5. The molecule has 0 spiro atoms. The maximum absolute atomic E-state index is 11.7. The van der Waals surface area contributed by atoms with Gasteiger partial charge < -0.3 is 9.84 Å². The van der Waals surface area contributed by atoms with E-state index >= 15 is 0 Å². The van der Waals surface area contributed by atoms with Crippen molar-refractivity contribution in [3.8, 4) is 0 Å².